The van der Waals surface area contributed by atoms with Gasteiger partial charge in [0.1, 0.15) is 17.9 Å². The van der Waals surface area contributed by atoms with E-state index in [9.17, 15) is 9.90 Å². The van der Waals surface area contributed by atoms with Crippen LogP contribution < -0.4 is 10.5 Å². The highest BCUT2D eigenvalue weighted by atomic mass is 16.5. The average Bonchev–Trinajstić information content (AvgIpc) is 3.59. The van der Waals surface area contributed by atoms with E-state index in [1.54, 1.807) is 12.3 Å². The van der Waals surface area contributed by atoms with Gasteiger partial charge in [-0.1, -0.05) is 49.2 Å². The van der Waals surface area contributed by atoms with Gasteiger partial charge in [0.15, 0.2) is 0 Å². The van der Waals surface area contributed by atoms with Crippen LogP contribution in [-0.2, 0) is 30.8 Å². The fourth-order valence-electron chi connectivity index (χ4n) is 4.48. The fourth-order valence-corrected chi connectivity index (χ4v) is 4.48. The van der Waals surface area contributed by atoms with Crippen molar-refractivity contribution in [1.29, 1.82) is 0 Å². The molecule has 0 atom stereocenters. The van der Waals surface area contributed by atoms with Crippen molar-refractivity contribution in [3.63, 3.8) is 0 Å². The molecule has 34 heavy (non-hydrogen) atoms. The number of aliphatic carboxylic acids is 1. The monoisotopic (exact) mass is 455 g/mol. The van der Waals surface area contributed by atoms with Crippen LogP contribution in [0.4, 0.5) is 0 Å². The molecule has 3 aromatic carbocycles. The van der Waals surface area contributed by atoms with Crippen LogP contribution in [0.1, 0.15) is 41.5 Å². The molecule has 4 aromatic rings. The van der Waals surface area contributed by atoms with E-state index in [0.717, 1.165) is 45.6 Å². The predicted octanol–water partition coefficient (Wildman–Crippen LogP) is 6.11. The molecule has 5 heteroatoms. The zero-order valence-corrected chi connectivity index (χ0v) is 19.1. The summed E-state index contributed by atoms with van der Waals surface area (Å²) in [4.78, 5) is 11.2. The van der Waals surface area contributed by atoms with Crippen LogP contribution in [0.3, 0.4) is 0 Å². The maximum Gasteiger partial charge on any atom is 0.307 e. The third kappa shape index (κ3) is 5.00. The van der Waals surface area contributed by atoms with Crippen LogP contribution in [-0.4, -0.2) is 11.1 Å². The molecule has 0 unspecified atom stereocenters. The van der Waals surface area contributed by atoms with Gasteiger partial charge in [0.25, 0.3) is 0 Å². The smallest absolute Gasteiger partial charge is 0.307 e. The number of furan rings is 1. The lowest BCUT2D eigenvalue weighted by molar-refractivity contribution is -0.136. The molecule has 0 saturated heterocycles. The maximum atomic E-state index is 11.2. The molecule has 0 aliphatic heterocycles. The van der Waals surface area contributed by atoms with Crippen LogP contribution in [0, 0.1) is 5.92 Å². The Morgan fingerprint density at radius 2 is 1.85 bits per heavy atom. The molecular formula is C29H29NO4. The van der Waals surface area contributed by atoms with E-state index >= 15 is 0 Å². The molecule has 1 aliphatic rings. The van der Waals surface area contributed by atoms with E-state index in [2.05, 4.69) is 24.3 Å². The Balaban J connectivity index is 1.49. The Kier molecular flexibility index (Phi) is 6.37. The molecule has 1 heterocycles. The number of hydrogen-bond acceptors (Lipinski definition) is 4. The first-order valence-corrected chi connectivity index (χ1v) is 11.9. The standard InChI is InChI=1S/C29H29NO4/c30-16-20-4-3-6-21(12-20)24-13-23(11-10-19-8-9-19)29-26(14-24)25(18-34-29)17-33-27-7-2-1-5-22(27)15-28(31)32/h1-7,12-14,18-19H,8-11,15-17,30H2,(H,31,32). The molecule has 1 aromatic heterocycles. The number of para-hydroxylation sites is 1. The second-order valence-electron chi connectivity index (χ2n) is 9.13. The molecule has 0 bridgehead atoms. The van der Waals surface area contributed by atoms with Crippen molar-refractivity contribution < 1.29 is 19.1 Å². The Bertz CT molecular complexity index is 1320. The lowest BCUT2D eigenvalue weighted by Gasteiger charge is -2.11. The SMILES string of the molecule is NCc1cccc(-c2cc(CCC3CC3)c3occ(COc4ccccc4CC(=O)O)c3c2)c1. The van der Waals surface area contributed by atoms with Crippen molar-refractivity contribution in [2.24, 2.45) is 11.7 Å². The van der Waals surface area contributed by atoms with Crippen LogP contribution in [0.25, 0.3) is 22.1 Å². The van der Waals surface area contributed by atoms with E-state index in [0.29, 0.717) is 24.5 Å². The topological polar surface area (TPSA) is 85.7 Å². The highest BCUT2D eigenvalue weighted by molar-refractivity contribution is 5.89. The van der Waals surface area contributed by atoms with E-state index < -0.39 is 5.97 Å². The summed E-state index contributed by atoms with van der Waals surface area (Å²) in [7, 11) is 0. The summed E-state index contributed by atoms with van der Waals surface area (Å²) in [6, 6.07) is 20.0. The van der Waals surface area contributed by atoms with Gasteiger partial charge >= 0.3 is 5.97 Å². The van der Waals surface area contributed by atoms with Crippen LogP contribution in [0.5, 0.6) is 5.75 Å². The van der Waals surface area contributed by atoms with Gasteiger partial charge < -0.3 is 20.0 Å². The first-order chi connectivity index (χ1) is 16.6. The number of fused-ring (bicyclic) bond motifs is 1. The van der Waals surface area contributed by atoms with Gasteiger partial charge in [0.2, 0.25) is 0 Å². The highest BCUT2D eigenvalue weighted by Gasteiger charge is 2.22. The zero-order chi connectivity index (χ0) is 23.5. The summed E-state index contributed by atoms with van der Waals surface area (Å²) >= 11 is 0. The van der Waals surface area contributed by atoms with Gasteiger partial charge in [-0.25, -0.2) is 0 Å². The van der Waals surface area contributed by atoms with Crippen LogP contribution in [0.15, 0.2) is 71.3 Å². The number of benzene rings is 3. The predicted molar refractivity (Wildman–Crippen MR) is 133 cm³/mol. The number of rotatable bonds is 10. The van der Waals surface area contributed by atoms with Gasteiger partial charge in [0.05, 0.1) is 12.7 Å². The molecule has 1 fully saturated rings. The molecule has 3 N–H and O–H groups in total. The Morgan fingerprint density at radius 3 is 2.65 bits per heavy atom. The Hall–Kier alpha value is -3.57. The Morgan fingerprint density at radius 1 is 1.00 bits per heavy atom. The van der Waals surface area contributed by atoms with Gasteiger partial charge in [0, 0.05) is 23.1 Å². The number of nitrogens with two attached hydrogens (primary N) is 1. The van der Waals surface area contributed by atoms with E-state index in [1.165, 1.54) is 24.8 Å². The number of ether oxygens (including phenoxy) is 1. The number of carbonyl (C=O) groups is 1. The molecule has 5 rings (SSSR count). The average molecular weight is 456 g/mol. The first-order valence-electron chi connectivity index (χ1n) is 11.9. The number of aryl methyl sites for hydroxylation is 1. The molecule has 1 saturated carbocycles. The summed E-state index contributed by atoms with van der Waals surface area (Å²) in [5.74, 6) is 0.539. The minimum Gasteiger partial charge on any atom is -0.488 e. The molecule has 5 nitrogen and oxygen atoms in total. The minimum absolute atomic E-state index is 0.0742. The summed E-state index contributed by atoms with van der Waals surface area (Å²) in [5.41, 5.74) is 13.0. The normalized spacial score (nSPS) is 13.3. The van der Waals surface area contributed by atoms with E-state index in [1.807, 2.05) is 30.3 Å². The lowest BCUT2D eigenvalue weighted by atomic mass is 9.95. The first kappa shape index (κ1) is 22.2. The van der Waals surface area contributed by atoms with E-state index in [4.69, 9.17) is 14.9 Å². The van der Waals surface area contributed by atoms with Gasteiger partial charge in [-0.3, -0.25) is 4.79 Å². The Labute approximate surface area is 199 Å². The summed E-state index contributed by atoms with van der Waals surface area (Å²) in [6.45, 7) is 0.809. The van der Waals surface area contributed by atoms with Crippen molar-refractivity contribution in [1.82, 2.24) is 0 Å². The van der Waals surface area contributed by atoms with Crippen molar-refractivity contribution in [3.05, 3.63) is 89.2 Å². The van der Waals surface area contributed by atoms with Crippen molar-refractivity contribution in [2.45, 2.75) is 45.3 Å². The van der Waals surface area contributed by atoms with Gasteiger partial charge in [-0.2, -0.15) is 0 Å². The third-order valence-electron chi connectivity index (χ3n) is 6.54. The van der Waals surface area contributed by atoms with E-state index in [-0.39, 0.29) is 6.42 Å². The van der Waals surface area contributed by atoms with Crippen molar-refractivity contribution in [2.75, 3.05) is 0 Å². The quantitative estimate of drug-likeness (QED) is 0.301. The summed E-state index contributed by atoms with van der Waals surface area (Å²) < 4.78 is 12.1. The van der Waals surface area contributed by atoms with Gasteiger partial charge in [-0.05, 0) is 65.3 Å². The molecule has 0 spiro atoms. The zero-order valence-electron chi connectivity index (χ0n) is 19.1. The second-order valence-corrected chi connectivity index (χ2v) is 9.13. The minimum atomic E-state index is -0.880. The van der Waals surface area contributed by atoms with Crippen LogP contribution in [0.2, 0.25) is 0 Å². The number of carboxylic acid groups (broad SMARTS) is 1. The molecule has 0 radical (unpaired) electrons. The fraction of sp³-hybridized carbons (Fsp3) is 0.276. The highest BCUT2D eigenvalue weighted by Crippen LogP contribution is 2.37. The van der Waals surface area contributed by atoms with Crippen molar-refractivity contribution in [3.8, 4) is 16.9 Å². The third-order valence-corrected chi connectivity index (χ3v) is 6.54. The molecule has 1 aliphatic carbocycles. The lowest BCUT2D eigenvalue weighted by Crippen LogP contribution is -2.04. The summed E-state index contributed by atoms with van der Waals surface area (Å²) in [5, 5.41) is 10.2. The van der Waals surface area contributed by atoms with Crippen LogP contribution >= 0.6 is 0 Å². The largest absolute Gasteiger partial charge is 0.488 e. The molecule has 174 valence electrons. The number of hydrogen-bond donors (Lipinski definition) is 2. The molecule has 0 amide bonds. The second kappa shape index (κ2) is 9.74. The summed E-state index contributed by atoms with van der Waals surface area (Å²) in [6.07, 6.45) is 6.51. The number of carboxylic acids is 1. The van der Waals surface area contributed by atoms with Gasteiger partial charge in [-0.15, -0.1) is 0 Å². The maximum absolute atomic E-state index is 11.2. The van der Waals surface area contributed by atoms with Crippen molar-refractivity contribution >= 4 is 16.9 Å². The molecular weight excluding hydrogens is 426 g/mol.